The number of thioether (sulfide) groups is 1. The molecular weight excluding hydrogens is 486 g/mol. The van der Waals surface area contributed by atoms with E-state index in [9.17, 15) is 9.59 Å². The van der Waals surface area contributed by atoms with Gasteiger partial charge in [0.25, 0.3) is 0 Å². The number of allylic oxidation sites excluding steroid dienone is 1. The van der Waals surface area contributed by atoms with E-state index in [4.69, 9.17) is 4.42 Å². The summed E-state index contributed by atoms with van der Waals surface area (Å²) in [6.07, 6.45) is 2.72. The molecule has 2 heterocycles. The van der Waals surface area contributed by atoms with Gasteiger partial charge >= 0.3 is 5.63 Å². The topological polar surface area (TPSA) is 85.1 Å². The number of benzene rings is 2. The van der Waals surface area contributed by atoms with Gasteiger partial charge in [-0.2, -0.15) is 0 Å². The second kappa shape index (κ2) is 9.38. The Morgan fingerprint density at radius 3 is 2.83 bits per heavy atom. The van der Waals surface area contributed by atoms with Gasteiger partial charge in [-0.05, 0) is 29.8 Å². The van der Waals surface area contributed by atoms with Crippen molar-refractivity contribution in [2.24, 2.45) is 0 Å². The van der Waals surface area contributed by atoms with Crippen LogP contribution in [0.3, 0.4) is 0 Å². The first kappa shape index (κ1) is 20.5. The summed E-state index contributed by atoms with van der Waals surface area (Å²) in [6.45, 7) is 0. The standard InChI is InChI=1S/C21H14BrN3O3S2/c22-15-6-7-18-14(10-15)11-16(19(27)28-18)17(26)8-9-23-20-24-25-21(30-20)29-12-13-4-2-1-3-5-13/h1-11H,12H2,(H,23,24)/b9-8+. The zero-order chi connectivity index (χ0) is 20.9. The summed E-state index contributed by atoms with van der Waals surface area (Å²) < 4.78 is 6.88. The molecule has 0 unspecified atom stereocenters. The van der Waals surface area contributed by atoms with E-state index in [1.807, 2.05) is 18.2 Å². The van der Waals surface area contributed by atoms with E-state index in [-0.39, 0.29) is 5.56 Å². The minimum Gasteiger partial charge on any atom is -0.422 e. The van der Waals surface area contributed by atoms with E-state index < -0.39 is 11.4 Å². The molecule has 2 aromatic heterocycles. The lowest BCUT2D eigenvalue weighted by Crippen LogP contribution is -2.12. The number of fused-ring (bicyclic) bond motifs is 1. The number of anilines is 1. The van der Waals surface area contributed by atoms with Crippen molar-refractivity contribution in [1.29, 1.82) is 0 Å². The molecule has 0 amide bonds. The number of carbonyl (C=O) groups is 1. The van der Waals surface area contributed by atoms with Crippen LogP contribution in [0.15, 0.2) is 84.9 Å². The number of aromatic nitrogens is 2. The molecule has 0 saturated carbocycles. The van der Waals surface area contributed by atoms with E-state index in [0.717, 1.165) is 14.6 Å². The Morgan fingerprint density at radius 1 is 1.17 bits per heavy atom. The number of carbonyl (C=O) groups excluding carboxylic acids is 1. The van der Waals surface area contributed by atoms with Gasteiger partial charge in [-0.1, -0.05) is 69.4 Å². The molecular formula is C21H14BrN3O3S2. The van der Waals surface area contributed by atoms with Crippen LogP contribution in [-0.2, 0) is 5.75 Å². The quantitative estimate of drug-likeness (QED) is 0.155. The van der Waals surface area contributed by atoms with Gasteiger partial charge in [0.1, 0.15) is 11.1 Å². The third-order valence-corrected chi connectivity index (χ3v) is 6.57. The minimum atomic E-state index is -0.671. The van der Waals surface area contributed by atoms with Crippen LogP contribution in [0.25, 0.3) is 11.0 Å². The van der Waals surface area contributed by atoms with Gasteiger partial charge in [-0.3, -0.25) is 4.79 Å². The van der Waals surface area contributed by atoms with Gasteiger partial charge in [0.05, 0.1) is 0 Å². The number of hydrogen-bond acceptors (Lipinski definition) is 8. The Labute approximate surface area is 188 Å². The Bertz CT molecular complexity index is 1290. The lowest BCUT2D eigenvalue weighted by molar-refractivity contribution is 0.104. The number of halogens is 1. The zero-order valence-electron chi connectivity index (χ0n) is 15.4. The molecule has 1 N–H and O–H groups in total. The number of hydrogen-bond donors (Lipinski definition) is 1. The van der Waals surface area contributed by atoms with Crippen LogP contribution < -0.4 is 10.9 Å². The molecule has 0 saturated heterocycles. The highest BCUT2D eigenvalue weighted by Gasteiger charge is 2.12. The zero-order valence-corrected chi connectivity index (χ0v) is 18.6. The van der Waals surface area contributed by atoms with E-state index >= 15 is 0 Å². The summed E-state index contributed by atoms with van der Waals surface area (Å²) in [7, 11) is 0. The molecule has 9 heteroatoms. The smallest absolute Gasteiger partial charge is 0.347 e. The third kappa shape index (κ3) is 5.05. The first-order chi connectivity index (χ1) is 14.6. The maximum Gasteiger partial charge on any atom is 0.347 e. The van der Waals surface area contributed by atoms with Crippen LogP contribution >= 0.6 is 39.0 Å². The normalized spacial score (nSPS) is 11.2. The molecule has 30 heavy (non-hydrogen) atoms. The van der Waals surface area contributed by atoms with Crippen molar-refractivity contribution in [3.8, 4) is 0 Å². The second-order valence-electron chi connectivity index (χ2n) is 6.12. The van der Waals surface area contributed by atoms with Gasteiger partial charge in [0.15, 0.2) is 10.1 Å². The van der Waals surface area contributed by atoms with E-state index in [1.54, 1.807) is 30.0 Å². The van der Waals surface area contributed by atoms with Gasteiger partial charge < -0.3 is 9.73 Å². The lowest BCUT2D eigenvalue weighted by Gasteiger charge is -2.00. The number of ketones is 1. The Hall–Kier alpha value is -2.75. The summed E-state index contributed by atoms with van der Waals surface area (Å²) in [5.74, 6) is 0.346. The second-order valence-corrected chi connectivity index (χ2v) is 9.23. The first-order valence-corrected chi connectivity index (χ1v) is 11.4. The summed E-state index contributed by atoms with van der Waals surface area (Å²) in [5, 5.41) is 12.3. The first-order valence-electron chi connectivity index (χ1n) is 8.79. The average Bonchev–Trinajstić information content (AvgIpc) is 3.20. The van der Waals surface area contributed by atoms with Crippen LogP contribution in [-0.4, -0.2) is 16.0 Å². The monoisotopic (exact) mass is 499 g/mol. The van der Waals surface area contributed by atoms with Crippen molar-refractivity contribution in [1.82, 2.24) is 10.2 Å². The Kier molecular flexibility index (Phi) is 6.41. The van der Waals surface area contributed by atoms with Gasteiger partial charge in [0, 0.05) is 27.9 Å². The van der Waals surface area contributed by atoms with E-state index in [2.05, 4.69) is 43.6 Å². The lowest BCUT2D eigenvalue weighted by atomic mass is 10.1. The minimum absolute atomic E-state index is 0.0324. The van der Waals surface area contributed by atoms with Crippen molar-refractivity contribution in [2.75, 3.05) is 5.32 Å². The van der Waals surface area contributed by atoms with Crippen molar-refractivity contribution < 1.29 is 9.21 Å². The SMILES string of the molecule is O=C(/C=C/Nc1nnc(SCc2ccccc2)s1)c1cc2cc(Br)ccc2oc1=O. The third-order valence-electron chi connectivity index (χ3n) is 4.01. The molecule has 150 valence electrons. The molecule has 0 aliphatic heterocycles. The van der Waals surface area contributed by atoms with Crippen molar-refractivity contribution in [3.05, 3.63) is 92.9 Å². The molecule has 4 rings (SSSR count). The van der Waals surface area contributed by atoms with Crippen molar-refractivity contribution in [3.63, 3.8) is 0 Å². The molecule has 0 spiro atoms. The molecule has 4 aromatic rings. The highest BCUT2D eigenvalue weighted by atomic mass is 79.9. The van der Waals surface area contributed by atoms with Crippen LogP contribution in [0.2, 0.25) is 0 Å². The molecule has 0 aliphatic rings. The van der Waals surface area contributed by atoms with Crippen LogP contribution in [0.5, 0.6) is 0 Å². The Balaban J connectivity index is 1.39. The average molecular weight is 500 g/mol. The molecule has 0 atom stereocenters. The molecule has 0 fully saturated rings. The molecule has 6 nitrogen and oxygen atoms in total. The Morgan fingerprint density at radius 2 is 2.00 bits per heavy atom. The predicted octanol–water partition coefficient (Wildman–Crippen LogP) is 5.51. The van der Waals surface area contributed by atoms with Crippen molar-refractivity contribution >= 4 is 60.9 Å². The highest BCUT2D eigenvalue weighted by molar-refractivity contribution is 9.10. The number of rotatable bonds is 7. The molecule has 2 aromatic carbocycles. The summed E-state index contributed by atoms with van der Waals surface area (Å²) >= 11 is 6.34. The van der Waals surface area contributed by atoms with Gasteiger partial charge in [-0.15, -0.1) is 10.2 Å². The van der Waals surface area contributed by atoms with Crippen LogP contribution in [0.1, 0.15) is 15.9 Å². The van der Waals surface area contributed by atoms with E-state index in [0.29, 0.717) is 16.1 Å². The van der Waals surface area contributed by atoms with Crippen LogP contribution in [0.4, 0.5) is 5.13 Å². The molecule has 0 bridgehead atoms. The fourth-order valence-corrected chi connectivity index (χ4v) is 4.66. The van der Waals surface area contributed by atoms with Crippen LogP contribution in [0, 0.1) is 0 Å². The van der Waals surface area contributed by atoms with Gasteiger partial charge in [0.2, 0.25) is 5.13 Å². The highest BCUT2D eigenvalue weighted by Crippen LogP contribution is 2.28. The summed E-state index contributed by atoms with van der Waals surface area (Å²) in [4.78, 5) is 24.5. The maximum atomic E-state index is 12.4. The molecule has 0 aliphatic carbocycles. The van der Waals surface area contributed by atoms with Crippen molar-refractivity contribution in [2.45, 2.75) is 10.1 Å². The summed E-state index contributed by atoms with van der Waals surface area (Å²) in [5.41, 5.74) is 0.931. The number of nitrogens with zero attached hydrogens (tertiary/aromatic N) is 2. The molecule has 0 radical (unpaired) electrons. The van der Waals surface area contributed by atoms with Gasteiger partial charge in [-0.25, -0.2) is 4.79 Å². The maximum absolute atomic E-state index is 12.4. The summed E-state index contributed by atoms with van der Waals surface area (Å²) in [6, 6.07) is 16.9. The fraction of sp³-hybridized carbons (Fsp3) is 0.0476. The largest absolute Gasteiger partial charge is 0.422 e. The number of nitrogens with one attached hydrogen (secondary N) is 1. The predicted molar refractivity (Wildman–Crippen MR) is 123 cm³/mol. The van der Waals surface area contributed by atoms with E-state index in [1.165, 1.54) is 35.2 Å². The fourth-order valence-electron chi connectivity index (χ4n) is 2.59.